The van der Waals surface area contributed by atoms with Crippen LogP contribution in [0.4, 0.5) is 0 Å². The Hall–Kier alpha value is -3.41. The molecule has 1 N–H and O–H groups in total. The molecule has 0 atom stereocenters. The molecule has 0 saturated heterocycles. The van der Waals surface area contributed by atoms with Gasteiger partial charge < -0.3 is 0 Å². The summed E-state index contributed by atoms with van der Waals surface area (Å²) >= 11 is -0.346. The third kappa shape index (κ3) is 12.2. The van der Waals surface area contributed by atoms with Gasteiger partial charge in [0.25, 0.3) is 0 Å². The first-order chi connectivity index (χ1) is 23.6. The Kier molecular flexibility index (Phi) is 16.8. The third-order valence-electron chi connectivity index (χ3n) is 7.21. The monoisotopic (exact) mass is 796 g/mol. The molecule has 7 rings (SSSR count). The van der Waals surface area contributed by atoms with E-state index in [1.807, 2.05) is 19.9 Å². The van der Waals surface area contributed by atoms with Crippen molar-refractivity contribution in [1.82, 2.24) is 10.2 Å². The largest absolute Gasteiger partial charge is 0.102 e. The van der Waals surface area contributed by atoms with E-state index in [9.17, 15) is 0 Å². The SMILES string of the molecule is Cc1cc(C)[nH]n1.[Cl][RhH][Cl].c1ccc([PH+](c2ccccc2)c2ccccc2)cc1.c1ccc([PH+](c2ccccc2)c2ccccc2)cc1. The van der Waals surface area contributed by atoms with Crippen LogP contribution in [0, 0.1) is 13.8 Å². The predicted octanol–water partition coefficient (Wildman–Crippen LogP) is 8.49. The molecule has 7 aromatic rings. The van der Waals surface area contributed by atoms with Crippen LogP contribution < -0.4 is 31.8 Å². The molecule has 0 radical (unpaired) electrons. The second kappa shape index (κ2) is 21.5. The van der Waals surface area contributed by atoms with E-state index >= 15 is 0 Å². The number of rotatable bonds is 6. The maximum atomic E-state index is 4.85. The fourth-order valence-electron chi connectivity index (χ4n) is 5.18. The number of nitrogens with one attached hydrogen (secondary N) is 1. The van der Waals surface area contributed by atoms with Gasteiger partial charge in [0.15, 0.2) is 0 Å². The first-order valence-corrected chi connectivity index (χ1v) is 23.0. The van der Waals surface area contributed by atoms with Crippen LogP contribution in [0.2, 0.25) is 0 Å². The smallest absolute Gasteiger partial charge is 0.0620 e. The zero-order valence-electron chi connectivity index (χ0n) is 27.0. The summed E-state index contributed by atoms with van der Waals surface area (Å²) in [5, 5.41) is 15.3. The average molecular weight is 798 g/mol. The molecule has 0 aliphatic carbocycles. The summed E-state index contributed by atoms with van der Waals surface area (Å²) in [6.07, 6.45) is 0. The molecule has 2 nitrogen and oxygen atoms in total. The number of hydrogen-bond donors (Lipinski definition) is 1. The fraction of sp³-hybridized carbons (Fsp3) is 0.0488. The number of aromatic amines is 1. The number of aromatic nitrogens is 2. The molecule has 246 valence electrons. The van der Waals surface area contributed by atoms with Crippen LogP contribution in [-0.4, -0.2) is 10.2 Å². The molecular weight excluding hydrogens is 756 g/mol. The van der Waals surface area contributed by atoms with E-state index < -0.39 is 15.8 Å². The van der Waals surface area contributed by atoms with Gasteiger partial charge in [-0.1, -0.05) is 109 Å². The van der Waals surface area contributed by atoms with Crippen LogP contribution in [0.5, 0.6) is 0 Å². The third-order valence-corrected chi connectivity index (χ3v) is 12.7. The van der Waals surface area contributed by atoms with Crippen molar-refractivity contribution in [3.05, 3.63) is 199 Å². The van der Waals surface area contributed by atoms with Crippen LogP contribution in [0.3, 0.4) is 0 Å². The number of H-pyrrole nitrogens is 1. The Labute approximate surface area is 303 Å². The molecule has 0 aliphatic rings. The molecule has 7 heteroatoms. The van der Waals surface area contributed by atoms with Crippen molar-refractivity contribution in [2.75, 3.05) is 0 Å². The van der Waals surface area contributed by atoms with Crippen LogP contribution in [-0.2, 0) is 15.1 Å². The first-order valence-electron chi connectivity index (χ1n) is 15.5. The molecule has 0 amide bonds. The first kappa shape index (κ1) is 37.4. The molecule has 0 fully saturated rings. The number of nitrogens with zero attached hydrogens (tertiary/aromatic N) is 1. The van der Waals surface area contributed by atoms with E-state index in [1.165, 1.54) is 31.8 Å². The second-order valence-corrected chi connectivity index (χ2v) is 18.3. The average Bonchev–Trinajstić information content (AvgIpc) is 3.54. The molecule has 0 aliphatic heterocycles. The van der Waals surface area contributed by atoms with Gasteiger partial charge >= 0.3 is 34.5 Å². The van der Waals surface area contributed by atoms with E-state index in [1.54, 1.807) is 0 Å². The van der Waals surface area contributed by atoms with Gasteiger partial charge in [0, 0.05) is 5.69 Å². The summed E-state index contributed by atoms with van der Waals surface area (Å²) < 4.78 is 0. The van der Waals surface area contributed by atoms with Crippen molar-refractivity contribution in [3.63, 3.8) is 0 Å². The van der Waals surface area contributed by atoms with E-state index in [2.05, 4.69) is 192 Å². The van der Waals surface area contributed by atoms with E-state index in [0.717, 1.165) is 11.4 Å². The van der Waals surface area contributed by atoms with Crippen LogP contribution in [0.15, 0.2) is 188 Å². The van der Waals surface area contributed by atoms with Gasteiger partial charge in [-0.05, 0) is 92.7 Å². The molecule has 0 spiro atoms. The summed E-state index contributed by atoms with van der Waals surface area (Å²) in [6.45, 7) is 3.95. The summed E-state index contributed by atoms with van der Waals surface area (Å²) in [5.41, 5.74) is 2.18. The van der Waals surface area contributed by atoms with Gasteiger partial charge in [-0.25, -0.2) is 0 Å². The molecule has 0 bridgehead atoms. The summed E-state index contributed by atoms with van der Waals surface area (Å²) in [4.78, 5) is 0. The van der Waals surface area contributed by atoms with E-state index in [0.29, 0.717) is 0 Å². The molecule has 48 heavy (non-hydrogen) atoms. The molecular formula is C41H41Cl2N2P2Rh+2. The Morgan fingerprint density at radius 3 is 0.750 bits per heavy atom. The second-order valence-electron chi connectivity index (χ2n) is 10.7. The molecule has 6 aromatic carbocycles. The Balaban J connectivity index is 0.000000170. The van der Waals surface area contributed by atoms with E-state index in [-0.39, 0.29) is 15.1 Å². The summed E-state index contributed by atoms with van der Waals surface area (Å²) in [7, 11) is 7.95. The topological polar surface area (TPSA) is 28.7 Å². The molecule has 1 heterocycles. The molecule has 0 unspecified atom stereocenters. The van der Waals surface area contributed by atoms with Crippen molar-refractivity contribution in [2.24, 2.45) is 0 Å². The number of benzene rings is 6. The Bertz CT molecular complexity index is 1510. The van der Waals surface area contributed by atoms with Gasteiger partial charge in [-0.15, -0.1) is 0 Å². The zero-order chi connectivity index (χ0) is 33.8. The number of aryl methyl sites for hydroxylation is 2. The Morgan fingerprint density at radius 2 is 0.625 bits per heavy atom. The van der Waals surface area contributed by atoms with Crippen LogP contribution in [0.25, 0.3) is 0 Å². The minimum atomic E-state index is -0.877. The minimum Gasteiger partial charge on any atom is -0.0620 e. The maximum absolute atomic E-state index is 4.85. The number of hydrogen-bond acceptors (Lipinski definition) is 1. The van der Waals surface area contributed by atoms with Crippen molar-refractivity contribution < 1.29 is 15.1 Å². The maximum Gasteiger partial charge on any atom is 0.102 e. The van der Waals surface area contributed by atoms with Crippen molar-refractivity contribution in [3.8, 4) is 0 Å². The standard InChI is InChI=1S/2C18H15P.C5H8N2.2ClH.Rh.H/c2*1-4-10-16(11-5-1)19(17-12-6-2-7-13-17)18-14-8-3-9-15-18;1-4-3-5(2)7-6-4;;;;/h2*1-15H;3H,1-2H3,(H,6,7);2*1H;;/q;;;;;+2;. The fourth-order valence-corrected chi connectivity index (χ4v) is 10.3. The molecule has 1 aromatic heterocycles. The van der Waals surface area contributed by atoms with Crippen LogP contribution >= 0.6 is 35.2 Å². The van der Waals surface area contributed by atoms with E-state index in [4.69, 9.17) is 19.4 Å². The van der Waals surface area contributed by atoms with Crippen molar-refractivity contribution in [1.29, 1.82) is 0 Å². The van der Waals surface area contributed by atoms with Crippen molar-refractivity contribution in [2.45, 2.75) is 13.8 Å². The normalized spacial score (nSPS) is 10.2. The van der Waals surface area contributed by atoms with Gasteiger partial charge in [0.2, 0.25) is 0 Å². The van der Waals surface area contributed by atoms with Gasteiger partial charge in [-0.3, -0.25) is 5.10 Å². The molecule has 0 saturated carbocycles. The minimum absolute atomic E-state index is 0.346. The Morgan fingerprint density at radius 1 is 0.417 bits per heavy atom. The van der Waals surface area contributed by atoms with Gasteiger partial charge in [0.05, 0.1) is 21.5 Å². The van der Waals surface area contributed by atoms with Crippen LogP contribution in [0.1, 0.15) is 11.4 Å². The predicted molar refractivity (Wildman–Crippen MR) is 214 cm³/mol. The quantitative estimate of drug-likeness (QED) is 0.133. The summed E-state index contributed by atoms with van der Waals surface area (Å²) in [5.74, 6) is 0. The van der Waals surface area contributed by atoms with Crippen molar-refractivity contribution >= 4 is 67.1 Å². The summed E-state index contributed by atoms with van der Waals surface area (Å²) in [6, 6.07) is 67.0. The van der Waals surface area contributed by atoms with Gasteiger partial charge in [0.1, 0.15) is 31.8 Å². The van der Waals surface area contributed by atoms with Gasteiger partial charge in [-0.2, -0.15) is 5.10 Å². The zero-order valence-corrected chi connectivity index (χ0v) is 32.2. The number of halogens is 2.